The van der Waals surface area contributed by atoms with Crippen molar-refractivity contribution in [3.63, 3.8) is 0 Å². The fourth-order valence-corrected chi connectivity index (χ4v) is 4.80. The summed E-state index contributed by atoms with van der Waals surface area (Å²) >= 11 is 0. The summed E-state index contributed by atoms with van der Waals surface area (Å²) in [5, 5.41) is 0. The molecule has 3 aromatic carbocycles. The van der Waals surface area contributed by atoms with E-state index in [1.165, 1.54) is 22.3 Å². The first-order chi connectivity index (χ1) is 17.0. The Morgan fingerprint density at radius 1 is 0.622 bits per heavy atom. The fourth-order valence-electron chi connectivity index (χ4n) is 4.80. The number of nitrogens with zero attached hydrogens (tertiary/aromatic N) is 2. The Hall–Kier alpha value is -2.64. The maximum Gasteiger partial charge on any atom is 0.203 e. The molecular formula is C29H38Cl2N2O4. The van der Waals surface area contributed by atoms with Crippen LogP contribution >= 0.6 is 24.8 Å². The van der Waals surface area contributed by atoms with Crippen LogP contribution in [0.5, 0.6) is 23.0 Å². The van der Waals surface area contributed by atoms with Gasteiger partial charge in [-0.3, -0.25) is 9.80 Å². The number of piperazine rings is 1. The first kappa shape index (κ1) is 30.6. The molecule has 8 heteroatoms. The molecule has 1 aliphatic rings. The molecule has 0 spiro atoms. The summed E-state index contributed by atoms with van der Waals surface area (Å²) in [6.45, 7) is 8.03. The van der Waals surface area contributed by atoms with Crippen LogP contribution in [0.25, 0.3) is 11.1 Å². The van der Waals surface area contributed by atoms with E-state index in [0.717, 1.165) is 56.3 Å². The molecule has 0 atom stereocenters. The van der Waals surface area contributed by atoms with E-state index in [9.17, 15) is 0 Å². The minimum Gasteiger partial charge on any atom is -0.497 e. The second kappa shape index (κ2) is 14.3. The number of ether oxygens (including phenoxy) is 4. The molecule has 4 rings (SSSR count). The van der Waals surface area contributed by atoms with Crippen LogP contribution in [-0.4, -0.2) is 64.4 Å². The van der Waals surface area contributed by atoms with E-state index in [4.69, 9.17) is 18.9 Å². The summed E-state index contributed by atoms with van der Waals surface area (Å²) in [4.78, 5) is 5.01. The van der Waals surface area contributed by atoms with Crippen LogP contribution in [0.3, 0.4) is 0 Å². The molecule has 0 unspecified atom stereocenters. The van der Waals surface area contributed by atoms with E-state index < -0.39 is 0 Å². The minimum atomic E-state index is 0. The topological polar surface area (TPSA) is 43.4 Å². The molecule has 0 amide bonds. The van der Waals surface area contributed by atoms with Crippen LogP contribution < -0.4 is 18.9 Å². The van der Waals surface area contributed by atoms with Gasteiger partial charge in [-0.05, 0) is 47.9 Å². The number of hydrogen-bond donors (Lipinski definition) is 0. The lowest BCUT2D eigenvalue weighted by atomic mass is 10.00. The lowest BCUT2D eigenvalue weighted by Crippen LogP contribution is -2.45. The Labute approximate surface area is 233 Å². The van der Waals surface area contributed by atoms with Crippen molar-refractivity contribution in [2.24, 2.45) is 0 Å². The van der Waals surface area contributed by atoms with E-state index in [2.05, 4.69) is 53.1 Å². The zero-order chi connectivity index (χ0) is 24.8. The molecule has 202 valence electrons. The predicted molar refractivity (Wildman–Crippen MR) is 154 cm³/mol. The molecule has 0 aromatic heterocycles. The van der Waals surface area contributed by atoms with E-state index in [0.29, 0.717) is 11.5 Å². The quantitative estimate of drug-likeness (QED) is 0.333. The largest absolute Gasteiger partial charge is 0.497 e. The molecule has 0 radical (unpaired) electrons. The standard InChI is InChI=1S/C29H36N2O4.2ClH/c1-21-16-22(18-25(17-21)23-6-9-26(32-2)10-7-23)19-30-12-14-31(15-13-30)20-24-8-11-27(33-3)29(35-5)28(24)34-4;;/h6-11,16-18H,12-15,19-20H2,1-5H3;2*1H. The van der Waals surface area contributed by atoms with Crippen molar-refractivity contribution in [2.75, 3.05) is 54.6 Å². The van der Waals surface area contributed by atoms with Crippen molar-refractivity contribution in [3.8, 4) is 34.1 Å². The lowest BCUT2D eigenvalue weighted by molar-refractivity contribution is 0.121. The van der Waals surface area contributed by atoms with E-state index in [1.807, 2.05) is 18.2 Å². The number of halogens is 2. The Balaban J connectivity index is 0.00000241. The van der Waals surface area contributed by atoms with Crippen LogP contribution in [0, 0.1) is 6.92 Å². The van der Waals surface area contributed by atoms with Crippen LogP contribution in [0.2, 0.25) is 0 Å². The van der Waals surface area contributed by atoms with E-state index in [1.54, 1.807) is 28.4 Å². The summed E-state index contributed by atoms with van der Waals surface area (Å²) in [6, 6.07) is 19.2. The van der Waals surface area contributed by atoms with Gasteiger partial charge >= 0.3 is 0 Å². The van der Waals surface area contributed by atoms with Crippen molar-refractivity contribution >= 4 is 24.8 Å². The molecule has 1 aliphatic heterocycles. The van der Waals surface area contributed by atoms with Gasteiger partial charge < -0.3 is 18.9 Å². The van der Waals surface area contributed by atoms with Gasteiger partial charge in [-0.2, -0.15) is 0 Å². The normalized spacial score (nSPS) is 13.8. The Kier molecular flexibility index (Phi) is 11.9. The van der Waals surface area contributed by atoms with Crippen LogP contribution in [-0.2, 0) is 13.1 Å². The van der Waals surface area contributed by atoms with Gasteiger partial charge in [-0.15, -0.1) is 24.8 Å². The van der Waals surface area contributed by atoms with Gasteiger partial charge in [0.1, 0.15) is 5.75 Å². The van der Waals surface area contributed by atoms with Gasteiger partial charge in [0.25, 0.3) is 0 Å². The van der Waals surface area contributed by atoms with Crippen molar-refractivity contribution in [2.45, 2.75) is 20.0 Å². The third-order valence-corrected chi connectivity index (χ3v) is 6.61. The van der Waals surface area contributed by atoms with E-state index >= 15 is 0 Å². The van der Waals surface area contributed by atoms with Gasteiger partial charge in [0.05, 0.1) is 28.4 Å². The molecule has 0 N–H and O–H groups in total. The van der Waals surface area contributed by atoms with Gasteiger partial charge in [0.15, 0.2) is 11.5 Å². The minimum absolute atomic E-state index is 0. The summed E-state index contributed by atoms with van der Waals surface area (Å²) in [6.07, 6.45) is 0. The number of aryl methyl sites for hydroxylation is 1. The zero-order valence-corrected chi connectivity index (χ0v) is 23.9. The van der Waals surface area contributed by atoms with Crippen LogP contribution in [0.1, 0.15) is 16.7 Å². The maximum atomic E-state index is 5.67. The zero-order valence-electron chi connectivity index (χ0n) is 22.3. The van der Waals surface area contributed by atoms with Crippen molar-refractivity contribution in [1.82, 2.24) is 9.80 Å². The number of hydrogen-bond acceptors (Lipinski definition) is 6. The molecular weight excluding hydrogens is 511 g/mol. The second-order valence-electron chi connectivity index (χ2n) is 8.98. The second-order valence-corrected chi connectivity index (χ2v) is 8.98. The highest BCUT2D eigenvalue weighted by Gasteiger charge is 2.21. The van der Waals surface area contributed by atoms with Crippen LogP contribution in [0.15, 0.2) is 54.6 Å². The Bertz CT molecular complexity index is 1130. The summed E-state index contributed by atoms with van der Waals surface area (Å²) in [5.74, 6) is 2.97. The Morgan fingerprint density at radius 3 is 1.81 bits per heavy atom. The summed E-state index contributed by atoms with van der Waals surface area (Å²) in [5.41, 5.74) is 6.21. The first-order valence-electron chi connectivity index (χ1n) is 12.0. The maximum absolute atomic E-state index is 5.67. The fraction of sp³-hybridized carbons (Fsp3) is 0.379. The molecule has 0 aliphatic carbocycles. The van der Waals surface area contributed by atoms with E-state index in [-0.39, 0.29) is 24.8 Å². The highest BCUT2D eigenvalue weighted by Crippen LogP contribution is 2.40. The van der Waals surface area contributed by atoms with Gasteiger partial charge in [-0.1, -0.05) is 35.9 Å². The summed E-state index contributed by atoms with van der Waals surface area (Å²) < 4.78 is 21.9. The number of rotatable bonds is 9. The van der Waals surface area contributed by atoms with Crippen molar-refractivity contribution in [3.05, 3.63) is 71.3 Å². The highest BCUT2D eigenvalue weighted by atomic mass is 35.5. The monoisotopic (exact) mass is 548 g/mol. The molecule has 1 saturated heterocycles. The molecule has 0 saturated carbocycles. The third kappa shape index (κ3) is 7.45. The van der Waals surface area contributed by atoms with Gasteiger partial charge in [-0.25, -0.2) is 0 Å². The van der Waals surface area contributed by atoms with Crippen molar-refractivity contribution < 1.29 is 18.9 Å². The highest BCUT2D eigenvalue weighted by molar-refractivity contribution is 5.85. The van der Waals surface area contributed by atoms with Crippen LogP contribution in [0.4, 0.5) is 0 Å². The molecule has 0 bridgehead atoms. The lowest BCUT2D eigenvalue weighted by Gasteiger charge is -2.35. The first-order valence-corrected chi connectivity index (χ1v) is 12.0. The average Bonchev–Trinajstić information content (AvgIpc) is 2.89. The molecule has 1 heterocycles. The molecule has 3 aromatic rings. The number of methoxy groups -OCH3 is 4. The summed E-state index contributed by atoms with van der Waals surface area (Å²) in [7, 11) is 6.67. The smallest absolute Gasteiger partial charge is 0.203 e. The SMILES string of the molecule is COc1ccc(-c2cc(C)cc(CN3CCN(Cc4ccc(OC)c(OC)c4OC)CC3)c2)cc1.Cl.Cl. The molecule has 37 heavy (non-hydrogen) atoms. The third-order valence-electron chi connectivity index (χ3n) is 6.61. The number of benzene rings is 3. The van der Waals surface area contributed by atoms with Gasteiger partial charge in [0, 0.05) is 44.8 Å². The van der Waals surface area contributed by atoms with Gasteiger partial charge in [0.2, 0.25) is 5.75 Å². The molecule has 6 nitrogen and oxygen atoms in total. The molecule has 1 fully saturated rings. The van der Waals surface area contributed by atoms with Crippen molar-refractivity contribution in [1.29, 1.82) is 0 Å². The predicted octanol–water partition coefficient (Wildman–Crippen LogP) is 5.86. The average molecular weight is 550 g/mol. The Morgan fingerprint density at radius 2 is 1.24 bits per heavy atom.